The Kier molecular flexibility index (Phi) is 4.40. The standard InChI is InChI=1S/C14H25N3O/c1-14(18,11-12-5-3-4-8-15-12)7-6-13-16-9-10-17(13)2/h9-10,12,15,18H,3-8,11H2,1-2H3. The van der Waals surface area contributed by atoms with Crippen LogP contribution >= 0.6 is 0 Å². The molecule has 0 aromatic carbocycles. The molecule has 0 spiro atoms. The van der Waals surface area contributed by atoms with Crippen LogP contribution in [0, 0.1) is 0 Å². The van der Waals surface area contributed by atoms with Crippen molar-refractivity contribution in [3.8, 4) is 0 Å². The van der Waals surface area contributed by atoms with Crippen molar-refractivity contribution in [2.45, 2.75) is 57.1 Å². The minimum atomic E-state index is -0.596. The molecule has 0 saturated carbocycles. The minimum Gasteiger partial charge on any atom is -0.390 e. The number of nitrogens with zero attached hydrogens (tertiary/aromatic N) is 2. The first-order chi connectivity index (χ1) is 8.57. The van der Waals surface area contributed by atoms with Gasteiger partial charge in [0.2, 0.25) is 0 Å². The maximum atomic E-state index is 10.5. The molecule has 2 unspecified atom stereocenters. The summed E-state index contributed by atoms with van der Waals surface area (Å²) in [7, 11) is 2.00. The molecule has 1 fully saturated rings. The lowest BCUT2D eigenvalue weighted by Gasteiger charge is -2.31. The maximum absolute atomic E-state index is 10.5. The van der Waals surface area contributed by atoms with Gasteiger partial charge in [0.05, 0.1) is 5.60 Å². The monoisotopic (exact) mass is 251 g/mol. The van der Waals surface area contributed by atoms with E-state index in [1.807, 2.05) is 30.9 Å². The number of hydrogen-bond donors (Lipinski definition) is 2. The SMILES string of the molecule is Cn1ccnc1CCC(C)(O)CC1CCCCN1. The largest absolute Gasteiger partial charge is 0.390 e. The molecule has 1 aromatic heterocycles. The predicted molar refractivity (Wildman–Crippen MR) is 72.4 cm³/mol. The molecule has 2 rings (SSSR count). The molecule has 0 aliphatic carbocycles. The molecular weight excluding hydrogens is 226 g/mol. The zero-order chi connectivity index (χ0) is 13.0. The summed E-state index contributed by atoms with van der Waals surface area (Å²) in [5.41, 5.74) is -0.596. The van der Waals surface area contributed by atoms with Crippen LogP contribution in [0.5, 0.6) is 0 Å². The number of aromatic nitrogens is 2. The van der Waals surface area contributed by atoms with Crippen LogP contribution in [-0.2, 0) is 13.5 Å². The fourth-order valence-electron chi connectivity index (χ4n) is 2.75. The minimum absolute atomic E-state index is 0.482. The Morgan fingerprint density at radius 1 is 1.56 bits per heavy atom. The molecule has 0 amide bonds. The maximum Gasteiger partial charge on any atom is 0.108 e. The highest BCUT2D eigenvalue weighted by Crippen LogP contribution is 2.22. The molecule has 18 heavy (non-hydrogen) atoms. The van der Waals surface area contributed by atoms with E-state index in [0.29, 0.717) is 6.04 Å². The molecule has 1 aromatic rings. The predicted octanol–water partition coefficient (Wildman–Crippen LogP) is 1.64. The third-order valence-electron chi connectivity index (χ3n) is 3.91. The van der Waals surface area contributed by atoms with Gasteiger partial charge in [0.25, 0.3) is 0 Å². The van der Waals surface area contributed by atoms with Crippen LogP contribution in [0.3, 0.4) is 0 Å². The first-order valence-corrected chi connectivity index (χ1v) is 6.99. The van der Waals surface area contributed by atoms with E-state index in [1.165, 1.54) is 19.3 Å². The summed E-state index contributed by atoms with van der Waals surface area (Å²) < 4.78 is 2.02. The molecule has 2 N–H and O–H groups in total. The van der Waals surface area contributed by atoms with E-state index in [1.54, 1.807) is 0 Å². The third-order valence-corrected chi connectivity index (χ3v) is 3.91. The normalized spacial score (nSPS) is 23.8. The Labute approximate surface area is 109 Å². The number of hydrogen-bond acceptors (Lipinski definition) is 3. The van der Waals surface area contributed by atoms with Gasteiger partial charge in [-0.1, -0.05) is 6.42 Å². The summed E-state index contributed by atoms with van der Waals surface area (Å²) in [4.78, 5) is 4.30. The number of piperidine rings is 1. The molecule has 4 heteroatoms. The van der Waals surface area contributed by atoms with Crippen LogP contribution in [0.2, 0.25) is 0 Å². The van der Waals surface area contributed by atoms with Gasteiger partial charge < -0.3 is 15.0 Å². The van der Waals surface area contributed by atoms with Gasteiger partial charge in [0.1, 0.15) is 5.82 Å². The van der Waals surface area contributed by atoms with Crippen LogP contribution < -0.4 is 5.32 Å². The quantitative estimate of drug-likeness (QED) is 0.836. The van der Waals surface area contributed by atoms with Gasteiger partial charge in [-0.25, -0.2) is 4.98 Å². The zero-order valence-electron chi connectivity index (χ0n) is 11.5. The lowest BCUT2D eigenvalue weighted by Crippen LogP contribution is -2.41. The molecule has 4 nitrogen and oxygen atoms in total. The summed E-state index contributed by atoms with van der Waals surface area (Å²) in [6.07, 6.45) is 9.97. The summed E-state index contributed by atoms with van der Waals surface area (Å²) >= 11 is 0. The molecule has 2 atom stereocenters. The number of aryl methyl sites for hydroxylation is 2. The van der Waals surface area contributed by atoms with Gasteiger partial charge in [-0.3, -0.25) is 0 Å². The fourth-order valence-corrected chi connectivity index (χ4v) is 2.75. The van der Waals surface area contributed by atoms with E-state index < -0.39 is 5.60 Å². The van der Waals surface area contributed by atoms with E-state index in [0.717, 1.165) is 31.6 Å². The topological polar surface area (TPSA) is 50.1 Å². The van der Waals surface area contributed by atoms with Crippen molar-refractivity contribution in [3.05, 3.63) is 18.2 Å². The van der Waals surface area contributed by atoms with Crippen molar-refractivity contribution in [3.63, 3.8) is 0 Å². The molecule has 1 saturated heterocycles. The van der Waals surface area contributed by atoms with Gasteiger partial charge in [0.15, 0.2) is 0 Å². The van der Waals surface area contributed by atoms with Gasteiger partial charge in [-0.05, 0) is 39.2 Å². The van der Waals surface area contributed by atoms with Crippen LogP contribution in [0.4, 0.5) is 0 Å². The highest BCUT2D eigenvalue weighted by Gasteiger charge is 2.26. The first kappa shape index (κ1) is 13.6. The van der Waals surface area contributed by atoms with Gasteiger partial charge in [-0.2, -0.15) is 0 Å². The highest BCUT2D eigenvalue weighted by atomic mass is 16.3. The fraction of sp³-hybridized carbons (Fsp3) is 0.786. The Balaban J connectivity index is 1.81. The zero-order valence-corrected chi connectivity index (χ0v) is 11.5. The van der Waals surface area contributed by atoms with E-state index in [-0.39, 0.29) is 0 Å². The van der Waals surface area contributed by atoms with Crippen molar-refractivity contribution >= 4 is 0 Å². The van der Waals surface area contributed by atoms with Crippen LogP contribution in [-0.4, -0.2) is 32.8 Å². The second kappa shape index (κ2) is 5.85. The van der Waals surface area contributed by atoms with Crippen LogP contribution in [0.25, 0.3) is 0 Å². The van der Waals surface area contributed by atoms with Gasteiger partial charge in [-0.15, -0.1) is 0 Å². The summed E-state index contributed by atoms with van der Waals surface area (Å²) in [6.45, 7) is 3.05. The van der Waals surface area contributed by atoms with Gasteiger partial charge in [0, 0.05) is 31.9 Å². The van der Waals surface area contributed by atoms with Crippen molar-refractivity contribution in [2.75, 3.05) is 6.54 Å². The third kappa shape index (κ3) is 3.82. The average molecular weight is 251 g/mol. The second-order valence-electron chi connectivity index (χ2n) is 5.80. The number of aliphatic hydroxyl groups is 1. The molecule has 102 valence electrons. The van der Waals surface area contributed by atoms with Crippen molar-refractivity contribution in [2.24, 2.45) is 7.05 Å². The lowest BCUT2D eigenvalue weighted by molar-refractivity contribution is 0.0282. The molecule has 2 heterocycles. The first-order valence-electron chi connectivity index (χ1n) is 6.99. The van der Waals surface area contributed by atoms with E-state index in [9.17, 15) is 5.11 Å². The summed E-state index contributed by atoms with van der Waals surface area (Å²) in [5.74, 6) is 1.05. The Morgan fingerprint density at radius 3 is 3.00 bits per heavy atom. The smallest absolute Gasteiger partial charge is 0.108 e. The number of rotatable bonds is 5. The molecular formula is C14H25N3O. The van der Waals surface area contributed by atoms with E-state index in [2.05, 4.69) is 10.3 Å². The summed E-state index contributed by atoms with van der Waals surface area (Å²) in [6, 6.07) is 0.482. The average Bonchev–Trinajstić information content (AvgIpc) is 2.73. The van der Waals surface area contributed by atoms with Crippen LogP contribution in [0.15, 0.2) is 12.4 Å². The molecule has 0 radical (unpaired) electrons. The summed E-state index contributed by atoms with van der Waals surface area (Å²) in [5, 5.41) is 14.0. The van der Waals surface area contributed by atoms with E-state index in [4.69, 9.17) is 0 Å². The Bertz CT molecular complexity index is 367. The Morgan fingerprint density at radius 2 is 2.39 bits per heavy atom. The van der Waals surface area contributed by atoms with Crippen molar-refractivity contribution in [1.29, 1.82) is 0 Å². The van der Waals surface area contributed by atoms with E-state index >= 15 is 0 Å². The van der Waals surface area contributed by atoms with Crippen molar-refractivity contribution in [1.82, 2.24) is 14.9 Å². The molecule has 1 aliphatic rings. The van der Waals surface area contributed by atoms with Crippen molar-refractivity contribution < 1.29 is 5.11 Å². The molecule has 1 aliphatic heterocycles. The highest BCUT2D eigenvalue weighted by molar-refractivity contribution is 4.94. The Hall–Kier alpha value is -0.870. The van der Waals surface area contributed by atoms with Gasteiger partial charge >= 0.3 is 0 Å². The van der Waals surface area contributed by atoms with Crippen LogP contribution in [0.1, 0.15) is 44.9 Å². The molecule has 0 bridgehead atoms. The lowest BCUT2D eigenvalue weighted by atomic mass is 9.88. The number of imidazole rings is 1. The second-order valence-corrected chi connectivity index (χ2v) is 5.80. The number of nitrogens with one attached hydrogen (secondary N) is 1.